The molecule has 1 fully saturated rings. The van der Waals surface area contributed by atoms with Crippen molar-refractivity contribution in [2.45, 2.75) is 25.3 Å². The van der Waals surface area contributed by atoms with Gasteiger partial charge in [0.2, 0.25) is 0 Å². The van der Waals surface area contributed by atoms with Gasteiger partial charge < -0.3 is 21.5 Å². The molecule has 26 heavy (non-hydrogen) atoms. The van der Waals surface area contributed by atoms with Crippen LogP contribution in [0.4, 0.5) is 0 Å². The second-order valence-corrected chi connectivity index (χ2v) is 6.61. The Morgan fingerprint density at radius 3 is 2.46 bits per heavy atom. The number of aromatic hydroxyl groups is 1. The second kappa shape index (κ2) is 7.58. The quantitative estimate of drug-likeness (QED) is 0.780. The van der Waals surface area contributed by atoms with E-state index in [2.05, 4.69) is 12.1 Å². The average molecular weight is 353 g/mol. The van der Waals surface area contributed by atoms with E-state index in [9.17, 15) is 14.7 Å². The lowest BCUT2D eigenvalue weighted by atomic mass is 9.88. The highest BCUT2D eigenvalue weighted by atomic mass is 16.3. The van der Waals surface area contributed by atoms with Gasteiger partial charge in [-0.15, -0.1) is 0 Å². The molecule has 0 unspecified atom stereocenters. The number of carbonyl (C=O) groups is 2. The van der Waals surface area contributed by atoms with E-state index in [-0.39, 0.29) is 17.2 Å². The lowest BCUT2D eigenvalue weighted by Gasteiger charge is -2.32. The number of carbonyl (C=O) groups excluding carboxylic acids is 2. The monoisotopic (exact) mass is 353 g/mol. The summed E-state index contributed by atoms with van der Waals surface area (Å²) < 4.78 is 0. The fourth-order valence-electron chi connectivity index (χ4n) is 3.45. The van der Waals surface area contributed by atoms with Crippen molar-refractivity contribution in [1.29, 1.82) is 0 Å². The summed E-state index contributed by atoms with van der Waals surface area (Å²) in [5, 5.41) is 9.87. The molecule has 6 heteroatoms. The molecular formula is C20H23N3O3. The van der Waals surface area contributed by atoms with Crippen LogP contribution in [-0.4, -0.2) is 34.9 Å². The molecule has 6 nitrogen and oxygen atoms in total. The summed E-state index contributed by atoms with van der Waals surface area (Å²) >= 11 is 0. The van der Waals surface area contributed by atoms with Crippen molar-refractivity contribution in [3.05, 3.63) is 64.7 Å². The van der Waals surface area contributed by atoms with E-state index in [0.29, 0.717) is 31.1 Å². The van der Waals surface area contributed by atoms with Gasteiger partial charge in [-0.1, -0.05) is 24.3 Å². The van der Waals surface area contributed by atoms with Gasteiger partial charge in [-0.3, -0.25) is 9.59 Å². The zero-order valence-corrected chi connectivity index (χ0v) is 14.5. The second-order valence-electron chi connectivity index (χ2n) is 6.61. The molecule has 0 spiro atoms. The Labute approximate surface area is 152 Å². The number of amides is 2. The average Bonchev–Trinajstić information content (AvgIpc) is 2.67. The molecule has 1 aliphatic rings. The third-order valence-electron chi connectivity index (χ3n) is 4.95. The molecule has 1 saturated heterocycles. The number of likely N-dealkylation sites (tertiary alicyclic amines) is 1. The van der Waals surface area contributed by atoms with E-state index in [1.165, 1.54) is 23.8 Å². The summed E-state index contributed by atoms with van der Waals surface area (Å²) in [7, 11) is 0. The van der Waals surface area contributed by atoms with E-state index >= 15 is 0 Å². The molecule has 136 valence electrons. The van der Waals surface area contributed by atoms with Crippen LogP contribution in [0, 0.1) is 0 Å². The lowest BCUT2D eigenvalue weighted by Crippen LogP contribution is -2.38. The van der Waals surface area contributed by atoms with E-state index in [0.717, 1.165) is 18.4 Å². The number of hydrogen-bond donors (Lipinski definition) is 3. The fourth-order valence-corrected chi connectivity index (χ4v) is 3.45. The van der Waals surface area contributed by atoms with Gasteiger partial charge in [0.1, 0.15) is 5.75 Å². The van der Waals surface area contributed by atoms with E-state index in [4.69, 9.17) is 11.5 Å². The van der Waals surface area contributed by atoms with Crippen LogP contribution in [0.3, 0.4) is 0 Å². The maximum atomic E-state index is 12.7. The normalized spacial score (nSPS) is 15.0. The molecule has 0 radical (unpaired) electrons. The van der Waals surface area contributed by atoms with Gasteiger partial charge in [-0.25, -0.2) is 0 Å². The number of rotatable bonds is 4. The van der Waals surface area contributed by atoms with Crippen LogP contribution in [0.2, 0.25) is 0 Å². The van der Waals surface area contributed by atoms with E-state index < -0.39 is 5.91 Å². The summed E-state index contributed by atoms with van der Waals surface area (Å²) in [6, 6.07) is 12.5. The standard InChI is InChI=1S/C20H23N3O3/c21-12-13-2-1-3-15(10-13)14-6-8-23(9-7-14)20(26)16-4-5-17(19(22)25)18(24)11-16/h1-5,10-11,14,24H,6-9,12,21H2,(H2,22,25). The number of hydrogen-bond acceptors (Lipinski definition) is 4. The predicted octanol–water partition coefficient (Wildman–Crippen LogP) is 1.97. The highest BCUT2D eigenvalue weighted by Crippen LogP contribution is 2.29. The van der Waals surface area contributed by atoms with Gasteiger partial charge >= 0.3 is 0 Å². The molecular weight excluding hydrogens is 330 g/mol. The molecule has 3 rings (SSSR count). The molecule has 0 saturated carbocycles. The molecule has 5 N–H and O–H groups in total. The summed E-state index contributed by atoms with van der Waals surface area (Å²) in [6.45, 7) is 1.82. The SMILES string of the molecule is NCc1cccc(C2CCN(C(=O)c3ccc(C(N)=O)c(O)c3)CC2)c1. The largest absolute Gasteiger partial charge is 0.507 e. The maximum Gasteiger partial charge on any atom is 0.253 e. The molecule has 0 aromatic heterocycles. The molecule has 2 aromatic carbocycles. The van der Waals surface area contributed by atoms with Gasteiger partial charge in [0, 0.05) is 25.2 Å². The smallest absolute Gasteiger partial charge is 0.253 e. The minimum atomic E-state index is -0.720. The Morgan fingerprint density at radius 2 is 1.85 bits per heavy atom. The Hall–Kier alpha value is -2.86. The first-order chi connectivity index (χ1) is 12.5. The van der Waals surface area contributed by atoms with Crippen LogP contribution < -0.4 is 11.5 Å². The maximum absolute atomic E-state index is 12.7. The summed E-state index contributed by atoms with van der Waals surface area (Å²) in [4.78, 5) is 25.6. The molecule has 1 aliphatic heterocycles. The van der Waals surface area contributed by atoms with Crippen LogP contribution in [0.15, 0.2) is 42.5 Å². The Morgan fingerprint density at radius 1 is 1.12 bits per heavy atom. The van der Waals surface area contributed by atoms with Crippen LogP contribution in [0.25, 0.3) is 0 Å². The highest BCUT2D eigenvalue weighted by molar-refractivity contribution is 5.99. The Kier molecular flexibility index (Phi) is 5.23. The number of phenols is 1. The topological polar surface area (TPSA) is 110 Å². The number of piperidine rings is 1. The zero-order valence-electron chi connectivity index (χ0n) is 14.5. The third-order valence-corrected chi connectivity index (χ3v) is 4.95. The van der Waals surface area contributed by atoms with Gasteiger partial charge in [0.15, 0.2) is 0 Å². The molecule has 0 aliphatic carbocycles. The van der Waals surface area contributed by atoms with Gasteiger partial charge in [-0.2, -0.15) is 0 Å². The first-order valence-corrected chi connectivity index (χ1v) is 8.70. The van der Waals surface area contributed by atoms with Crippen molar-refractivity contribution in [3.63, 3.8) is 0 Å². The van der Waals surface area contributed by atoms with Crippen molar-refractivity contribution in [3.8, 4) is 5.75 Å². The zero-order chi connectivity index (χ0) is 18.7. The predicted molar refractivity (Wildman–Crippen MR) is 98.8 cm³/mol. The summed E-state index contributed by atoms with van der Waals surface area (Å²) in [5.74, 6) is -0.722. The van der Waals surface area contributed by atoms with Crippen LogP contribution >= 0.6 is 0 Å². The first-order valence-electron chi connectivity index (χ1n) is 8.70. The Bertz CT molecular complexity index is 827. The van der Waals surface area contributed by atoms with Crippen molar-refractivity contribution < 1.29 is 14.7 Å². The molecule has 2 aromatic rings. The van der Waals surface area contributed by atoms with E-state index in [1.807, 2.05) is 12.1 Å². The summed E-state index contributed by atoms with van der Waals surface area (Å²) in [5.41, 5.74) is 13.6. The molecule has 1 heterocycles. The Balaban J connectivity index is 1.66. The minimum Gasteiger partial charge on any atom is -0.507 e. The van der Waals surface area contributed by atoms with Crippen molar-refractivity contribution in [2.24, 2.45) is 11.5 Å². The van der Waals surface area contributed by atoms with Crippen LogP contribution in [-0.2, 0) is 6.54 Å². The highest BCUT2D eigenvalue weighted by Gasteiger charge is 2.25. The van der Waals surface area contributed by atoms with Crippen LogP contribution in [0.1, 0.15) is 50.6 Å². The first kappa shape index (κ1) is 17.9. The summed E-state index contributed by atoms with van der Waals surface area (Å²) in [6.07, 6.45) is 1.76. The fraction of sp³-hybridized carbons (Fsp3) is 0.300. The van der Waals surface area contributed by atoms with Gasteiger partial charge in [0.05, 0.1) is 5.56 Å². The van der Waals surface area contributed by atoms with E-state index in [1.54, 1.807) is 4.90 Å². The third kappa shape index (κ3) is 3.70. The molecule has 2 amide bonds. The van der Waals surface area contributed by atoms with Gasteiger partial charge in [0.25, 0.3) is 11.8 Å². The lowest BCUT2D eigenvalue weighted by molar-refractivity contribution is 0.0712. The molecule has 0 atom stereocenters. The van der Waals surface area contributed by atoms with Crippen molar-refractivity contribution >= 4 is 11.8 Å². The number of nitrogens with two attached hydrogens (primary N) is 2. The van der Waals surface area contributed by atoms with Crippen molar-refractivity contribution in [2.75, 3.05) is 13.1 Å². The van der Waals surface area contributed by atoms with Crippen LogP contribution in [0.5, 0.6) is 5.75 Å². The minimum absolute atomic E-state index is 0.0139. The van der Waals surface area contributed by atoms with Gasteiger partial charge in [-0.05, 0) is 48.1 Å². The number of primary amides is 1. The molecule has 0 bridgehead atoms. The van der Waals surface area contributed by atoms with Crippen molar-refractivity contribution in [1.82, 2.24) is 4.90 Å². The number of benzene rings is 2. The number of nitrogens with zero attached hydrogens (tertiary/aromatic N) is 1.